The number of hydrogen-bond acceptors (Lipinski definition) is 4. The van der Waals surface area contributed by atoms with Crippen LogP contribution in [0.4, 0.5) is 0 Å². The molecule has 0 amide bonds. The Morgan fingerprint density at radius 1 is 1.58 bits per heavy atom. The van der Waals surface area contributed by atoms with Crippen LogP contribution in [0.15, 0.2) is 23.4 Å². The van der Waals surface area contributed by atoms with Gasteiger partial charge in [-0.1, -0.05) is 12.2 Å². The Labute approximate surface area is 118 Å². The Morgan fingerprint density at radius 2 is 2.16 bits per heavy atom. The highest BCUT2D eigenvalue weighted by atomic mass is 32.2. The van der Waals surface area contributed by atoms with Crippen LogP contribution in [0.5, 0.6) is 0 Å². The molecule has 1 aliphatic rings. The lowest BCUT2D eigenvalue weighted by molar-refractivity contribution is -0.809. The summed E-state index contributed by atoms with van der Waals surface area (Å²) >= 11 is -2.17. The first kappa shape index (κ1) is 16.4. The summed E-state index contributed by atoms with van der Waals surface area (Å²) in [5, 5.41) is 0. The summed E-state index contributed by atoms with van der Waals surface area (Å²) in [4.78, 5) is 0. The van der Waals surface area contributed by atoms with E-state index < -0.39 is 16.8 Å². The fourth-order valence-electron chi connectivity index (χ4n) is 2.14. The van der Waals surface area contributed by atoms with E-state index in [1.54, 1.807) is 7.05 Å². The number of allylic oxidation sites excluding steroid dienone is 1. The summed E-state index contributed by atoms with van der Waals surface area (Å²) < 4.78 is 22.9. The van der Waals surface area contributed by atoms with Crippen molar-refractivity contribution in [3.8, 4) is 0 Å². The zero-order valence-electron chi connectivity index (χ0n) is 12.2. The molecule has 19 heavy (non-hydrogen) atoms. The summed E-state index contributed by atoms with van der Waals surface area (Å²) in [6.07, 6.45) is 5.14. The second kappa shape index (κ2) is 5.75. The Hall–Kier alpha value is -0.690. The number of hydrogen-bond donors (Lipinski definition) is 2. The Kier molecular flexibility index (Phi) is 4.95. The minimum atomic E-state index is -2.17. The van der Waals surface area contributed by atoms with Gasteiger partial charge in [0.25, 0.3) is 0 Å². The van der Waals surface area contributed by atoms with Crippen molar-refractivity contribution in [3.05, 3.63) is 23.4 Å². The topological polar surface area (TPSA) is 92.2 Å². The van der Waals surface area contributed by atoms with Crippen LogP contribution in [-0.2, 0) is 11.3 Å². The van der Waals surface area contributed by atoms with Gasteiger partial charge < -0.3 is 16.0 Å². The van der Waals surface area contributed by atoms with Crippen molar-refractivity contribution in [1.29, 1.82) is 0 Å². The first-order valence-corrected chi connectivity index (χ1v) is 7.53. The molecule has 0 aromatic rings. The van der Waals surface area contributed by atoms with Gasteiger partial charge >= 0.3 is 0 Å². The van der Waals surface area contributed by atoms with Crippen molar-refractivity contribution in [3.63, 3.8) is 0 Å². The molecule has 0 heterocycles. The van der Waals surface area contributed by atoms with Gasteiger partial charge in [0, 0.05) is 17.7 Å². The van der Waals surface area contributed by atoms with Gasteiger partial charge in [-0.2, -0.15) is 0 Å². The van der Waals surface area contributed by atoms with Crippen LogP contribution in [0.25, 0.3) is 0 Å². The third kappa shape index (κ3) is 3.66. The van der Waals surface area contributed by atoms with Gasteiger partial charge in [-0.15, -0.1) is 0 Å². The molecular formula is C13H25N3O2S. The zero-order chi connectivity index (χ0) is 14.8. The van der Waals surface area contributed by atoms with E-state index in [0.29, 0.717) is 19.4 Å². The summed E-state index contributed by atoms with van der Waals surface area (Å²) in [6, 6.07) is -0.00351. The smallest absolute Gasteiger partial charge is 0.148 e. The summed E-state index contributed by atoms with van der Waals surface area (Å²) in [5.74, 6) is 0. The standard InChI is InChI=1S/C13H25N3O2S/c1-10(2)16(4,19(17)18)8-7-13(15)6-5-12(14)11(3)9-13/h5,9-10H,6-8,14-15H2,1-4H3. The van der Waals surface area contributed by atoms with Crippen molar-refractivity contribution >= 4 is 11.3 Å². The van der Waals surface area contributed by atoms with Crippen molar-refractivity contribution in [2.75, 3.05) is 13.6 Å². The maximum atomic E-state index is 11.4. The first-order chi connectivity index (χ1) is 8.61. The highest BCUT2D eigenvalue weighted by Gasteiger charge is 2.33. The average Bonchev–Trinajstić information content (AvgIpc) is 2.31. The summed E-state index contributed by atoms with van der Waals surface area (Å²) in [7, 11) is 1.72. The van der Waals surface area contributed by atoms with E-state index in [2.05, 4.69) is 0 Å². The molecular weight excluding hydrogens is 262 g/mol. The average molecular weight is 287 g/mol. The summed E-state index contributed by atoms with van der Waals surface area (Å²) in [5.41, 5.74) is 13.4. The molecule has 0 saturated heterocycles. The van der Waals surface area contributed by atoms with Crippen LogP contribution in [0.1, 0.15) is 33.6 Å². The maximum Gasteiger partial charge on any atom is 0.148 e. The molecule has 3 atom stereocenters. The lowest BCUT2D eigenvalue weighted by atomic mass is 9.85. The molecule has 0 spiro atoms. The van der Waals surface area contributed by atoms with Gasteiger partial charge in [0.05, 0.1) is 19.6 Å². The first-order valence-electron chi connectivity index (χ1n) is 6.50. The van der Waals surface area contributed by atoms with Crippen molar-refractivity contribution in [1.82, 2.24) is 0 Å². The summed E-state index contributed by atoms with van der Waals surface area (Å²) in [6.45, 7) is 6.22. The van der Waals surface area contributed by atoms with Crippen LogP contribution in [-0.4, -0.2) is 37.8 Å². The molecule has 0 aromatic heterocycles. The van der Waals surface area contributed by atoms with Crippen LogP contribution in [0.3, 0.4) is 0 Å². The number of quaternary nitrogens is 1. The van der Waals surface area contributed by atoms with Gasteiger partial charge in [0.15, 0.2) is 0 Å². The largest absolute Gasteiger partial charge is 0.724 e. The van der Waals surface area contributed by atoms with Crippen LogP contribution >= 0.6 is 0 Å². The normalized spacial score (nSPS) is 28.6. The number of nitrogens with two attached hydrogens (primary N) is 2. The zero-order valence-corrected chi connectivity index (χ0v) is 13.0. The Morgan fingerprint density at radius 3 is 2.58 bits per heavy atom. The van der Waals surface area contributed by atoms with Crippen molar-refractivity contribution < 1.29 is 12.6 Å². The molecule has 6 heteroatoms. The van der Waals surface area contributed by atoms with Gasteiger partial charge in [0.2, 0.25) is 0 Å². The molecule has 3 unspecified atom stereocenters. The third-order valence-electron chi connectivity index (χ3n) is 4.12. The predicted octanol–water partition coefficient (Wildman–Crippen LogP) is 0.916. The van der Waals surface area contributed by atoms with E-state index in [-0.39, 0.29) is 9.93 Å². The molecule has 0 aromatic carbocycles. The van der Waals surface area contributed by atoms with E-state index >= 15 is 0 Å². The van der Waals surface area contributed by atoms with E-state index in [9.17, 15) is 8.76 Å². The molecule has 4 N–H and O–H groups in total. The fraction of sp³-hybridized carbons (Fsp3) is 0.692. The second-order valence-corrected chi connectivity index (χ2v) is 7.15. The SMILES string of the molecule is CC1=CC(N)(CC[N+](C)(C(C)C)S(=O)[O-])CC=C1N. The molecule has 110 valence electrons. The van der Waals surface area contributed by atoms with Gasteiger partial charge in [-0.3, -0.25) is 0 Å². The van der Waals surface area contributed by atoms with Gasteiger partial charge in [-0.25, -0.2) is 8.10 Å². The highest BCUT2D eigenvalue weighted by molar-refractivity contribution is 7.73. The van der Waals surface area contributed by atoms with Crippen LogP contribution in [0.2, 0.25) is 0 Å². The van der Waals surface area contributed by atoms with E-state index in [4.69, 9.17) is 11.5 Å². The minimum absolute atomic E-state index is 0.00351. The number of nitrogens with zero attached hydrogens (tertiary/aromatic N) is 1. The monoisotopic (exact) mass is 287 g/mol. The van der Waals surface area contributed by atoms with Crippen LogP contribution in [0, 0.1) is 0 Å². The van der Waals surface area contributed by atoms with Crippen molar-refractivity contribution in [2.24, 2.45) is 11.5 Å². The molecule has 0 fully saturated rings. The predicted molar refractivity (Wildman–Crippen MR) is 77.3 cm³/mol. The van der Waals surface area contributed by atoms with E-state index in [0.717, 1.165) is 11.3 Å². The third-order valence-corrected chi connectivity index (χ3v) is 5.40. The lowest BCUT2D eigenvalue weighted by Gasteiger charge is -2.41. The molecule has 1 aliphatic carbocycles. The van der Waals surface area contributed by atoms with Gasteiger partial charge in [-0.05, 0) is 32.8 Å². The molecule has 0 saturated carbocycles. The maximum absolute atomic E-state index is 11.4. The quantitative estimate of drug-likeness (QED) is 0.581. The van der Waals surface area contributed by atoms with E-state index in [1.807, 2.05) is 32.9 Å². The Balaban J connectivity index is 2.79. The molecule has 0 bridgehead atoms. The molecule has 0 aliphatic heterocycles. The molecule has 1 rings (SSSR count). The van der Waals surface area contributed by atoms with E-state index in [1.165, 1.54) is 0 Å². The Bertz CT molecular complexity index is 434. The van der Waals surface area contributed by atoms with Crippen molar-refractivity contribution in [2.45, 2.75) is 45.2 Å². The van der Waals surface area contributed by atoms with Gasteiger partial charge in [0.1, 0.15) is 11.3 Å². The highest BCUT2D eigenvalue weighted by Crippen LogP contribution is 2.27. The fourth-order valence-corrected chi connectivity index (χ4v) is 2.73. The van der Waals surface area contributed by atoms with Crippen LogP contribution < -0.4 is 11.5 Å². The molecule has 0 radical (unpaired) electrons. The lowest BCUT2D eigenvalue weighted by Crippen LogP contribution is -2.54. The molecule has 5 nitrogen and oxygen atoms in total. The number of rotatable bonds is 5. The second-order valence-electron chi connectivity index (χ2n) is 5.88. The minimum Gasteiger partial charge on any atom is -0.724 e.